The number of phosphoric acid groups is 1. The first-order chi connectivity index (χ1) is 18.1. The quantitative estimate of drug-likeness (QED) is 0.0691. The summed E-state index contributed by atoms with van der Waals surface area (Å²) in [5.74, 6) is 0. The van der Waals surface area contributed by atoms with Crippen LogP contribution in [0.4, 0.5) is 0 Å². The molecule has 0 aromatic rings. The van der Waals surface area contributed by atoms with Gasteiger partial charge in [0.1, 0.15) is 0 Å². The first kappa shape index (κ1) is 37.1. The fourth-order valence-electron chi connectivity index (χ4n) is 4.81. The van der Waals surface area contributed by atoms with Crippen LogP contribution in [-0.2, 0) is 13.6 Å². The van der Waals surface area contributed by atoms with Crippen molar-refractivity contribution in [3.8, 4) is 0 Å². The average Bonchev–Trinajstić information content (AvgIpc) is 2.88. The molecule has 0 aliphatic carbocycles. The van der Waals surface area contributed by atoms with E-state index in [2.05, 4.69) is 25.7 Å². The SMILES string of the molecule is CCCCCCCCN(CCCCCCCC)CCCCCCCCOP(=O)(O)OCCCCCCC. The van der Waals surface area contributed by atoms with E-state index in [9.17, 15) is 9.46 Å². The molecule has 0 heterocycles. The summed E-state index contributed by atoms with van der Waals surface area (Å²) in [6.07, 6.45) is 28.8. The van der Waals surface area contributed by atoms with E-state index in [1.165, 1.54) is 135 Å². The van der Waals surface area contributed by atoms with E-state index >= 15 is 0 Å². The third-order valence-corrected chi connectivity index (χ3v) is 8.30. The van der Waals surface area contributed by atoms with E-state index < -0.39 is 7.82 Å². The van der Waals surface area contributed by atoms with Gasteiger partial charge in [0, 0.05) is 0 Å². The van der Waals surface area contributed by atoms with Crippen LogP contribution in [0, 0.1) is 0 Å². The van der Waals surface area contributed by atoms with Crippen molar-refractivity contribution < 1.29 is 18.5 Å². The second-order valence-corrected chi connectivity index (χ2v) is 12.5. The molecular formula is C31H66NO4P. The lowest BCUT2D eigenvalue weighted by molar-refractivity contribution is 0.145. The second-order valence-electron chi connectivity index (χ2n) is 11.0. The van der Waals surface area contributed by atoms with Crippen LogP contribution in [0.3, 0.4) is 0 Å². The first-order valence-corrected chi connectivity index (χ1v) is 17.9. The van der Waals surface area contributed by atoms with Crippen LogP contribution in [-0.4, -0.2) is 42.6 Å². The molecule has 37 heavy (non-hydrogen) atoms. The zero-order chi connectivity index (χ0) is 27.3. The Morgan fingerprint density at radius 1 is 0.459 bits per heavy atom. The van der Waals surface area contributed by atoms with E-state index in [4.69, 9.17) is 9.05 Å². The van der Waals surface area contributed by atoms with Gasteiger partial charge >= 0.3 is 7.82 Å². The van der Waals surface area contributed by atoms with Gasteiger partial charge in [0.2, 0.25) is 0 Å². The van der Waals surface area contributed by atoms with Crippen LogP contribution >= 0.6 is 7.82 Å². The highest BCUT2D eigenvalue weighted by atomic mass is 31.2. The molecule has 0 rings (SSSR count). The summed E-state index contributed by atoms with van der Waals surface area (Å²) in [6, 6.07) is 0. The van der Waals surface area contributed by atoms with Gasteiger partial charge in [0.15, 0.2) is 0 Å². The molecule has 0 fully saturated rings. The molecular weight excluding hydrogens is 481 g/mol. The van der Waals surface area contributed by atoms with Crippen molar-refractivity contribution in [2.75, 3.05) is 32.8 Å². The van der Waals surface area contributed by atoms with Crippen molar-refractivity contribution in [3.63, 3.8) is 0 Å². The fourth-order valence-corrected chi connectivity index (χ4v) is 5.61. The first-order valence-electron chi connectivity index (χ1n) is 16.4. The summed E-state index contributed by atoms with van der Waals surface area (Å²) in [5.41, 5.74) is 0. The third kappa shape index (κ3) is 28.9. The monoisotopic (exact) mass is 547 g/mol. The second kappa shape index (κ2) is 29.1. The van der Waals surface area contributed by atoms with Gasteiger partial charge in [-0.15, -0.1) is 0 Å². The summed E-state index contributed by atoms with van der Waals surface area (Å²) in [5, 5.41) is 0. The highest BCUT2D eigenvalue weighted by molar-refractivity contribution is 7.47. The van der Waals surface area contributed by atoms with Gasteiger partial charge in [0.25, 0.3) is 0 Å². The predicted molar refractivity (Wildman–Crippen MR) is 161 cm³/mol. The lowest BCUT2D eigenvalue weighted by Crippen LogP contribution is -2.27. The number of unbranched alkanes of at least 4 members (excludes halogenated alkanes) is 19. The topological polar surface area (TPSA) is 59.0 Å². The standard InChI is InChI=1S/C31H66NO4P/c1-4-7-10-13-17-22-27-32(28-23-18-14-11-8-5-2)29-24-19-15-16-21-26-31-36-37(33,34)35-30-25-20-12-9-6-3/h4-31H2,1-3H3,(H,33,34). The summed E-state index contributed by atoms with van der Waals surface area (Å²) >= 11 is 0. The third-order valence-electron chi connectivity index (χ3n) is 7.28. The van der Waals surface area contributed by atoms with Crippen molar-refractivity contribution in [1.29, 1.82) is 0 Å². The molecule has 0 saturated carbocycles. The molecule has 224 valence electrons. The van der Waals surface area contributed by atoms with Crippen LogP contribution < -0.4 is 0 Å². The largest absolute Gasteiger partial charge is 0.472 e. The molecule has 0 saturated heterocycles. The molecule has 1 N–H and O–H groups in total. The number of hydrogen-bond acceptors (Lipinski definition) is 4. The maximum atomic E-state index is 11.9. The van der Waals surface area contributed by atoms with Gasteiger partial charge in [-0.05, 0) is 51.7 Å². The van der Waals surface area contributed by atoms with E-state index in [-0.39, 0.29) is 0 Å². The molecule has 0 spiro atoms. The lowest BCUT2D eigenvalue weighted by Gasteiger charge is -2.22. The van der Waals surface area contributed by atoms with E-state index in [0.717, 1.165) is 32.1 Å². The van der Waals surface area contributed by atoms with Gasteiger partial charge < -0.3 is 9.79 Å². The lowest BCUT2D eigenvalue weighted by atomic mass is 10.1. The van der Waals surface area contributed by atoms with Crippen LogP contribution in [0.2, 0.25) is 0 Å². The number of rotatable bonds is 31. The molecule has 0 aliphatic rings. The van der Waals surface area contributed by atoms with Gasteiger partial charge in [-0.1, -0.05) is 136 Å². The fraction of sp³-hybridized carbons (Fsp3) is 1.00. The molecule has 5 nitrogen and oxygen atoms in total. The Kier molecular flexibility index (Phi) is 29.1. The molecule has 1 unspecified atom stereocenters. The molecule has 0 aromatic carbocycles. The Hall–Kier alpha value is 0.0700. The molecule has 6 heteroatoms. The van der Waals surface area contributed by atoms with Crippen molar-refractivity contribution in [3.05, 3.63) is 0 Å². The molecule has 1 atom stereocenters. The molecule has 0 radical (unpaired) electrons. The Labute approximate surface area is 232 Å². The normalized spacial score (nSPS) is 13.4. The highest BCUT2D eigenvalue weighted by Crippen LogP contribution is 2.43. The number of phosphoric ester groups is 1. The van der Waals surface area contributed by atoms with E-state index in [1.54, 1.807) is 0 Å². The molecule has 0 aliphatic heterocycles. The Morgan fingerprint density at radius 2 is 0.730 bits per heavy atom. The minimum Gasteiger partial charge on any atom is -0.303 e. The Bertz CT molecular complexity index is 476. The molecule has 0 amide bonds. The predicted octanol–water partition coefficient (Wildman–Crippen LogP) is 10.5. The zero-order valence-corrected chi connectivity index (χ0v) is 26.3. The minimum absolute atomic E-state index is 0.312. The van der Waals surface area contributed by atoms with Crippen LogP contribution in [0.25, 0.3) is 0 Å². The van der Waals surface area contributed by atoms with E-state index in [0.29, 0.717) is 13.2 Å². The van der Waals surface area contributed by atoms with Crippen molar-refractivity contribution in [1.82, 2.24) is 4.90 Å². The molecule has 0 bridgehead atoms. The van der Waals surface area contributed by atoms with Gasteiger partial charge in [0.05, 0.1) is 13.2 Å². The summed E-state index contributed by atoms with van der Waals surface area (Å²) in [6.45, 7) is 11.2. The maximum Gasteiger partial charge on any atom is 0.472 e. The summed E-state index contributed by atoms with van der Waals surface area (Å²) in [7, 11) is -3.87. The maximum absolute atomic E-state index is 11.9. The summed E-state index contributed by atoms with van der Waals surface area (Å²) in [4.78, 5) is 12.5. The van der Waals surface area contributed by atoms with Gasteiger partial charge in [-0.25, -0.2) is 4.57 Å². The smallest absolute Gasteiger partial charge is 0.303 e. The Balaban J connectivity index is 3.83. The van der Waals surface area contributed by atoms with Gasteiger partial charge in [-0.2, -0.15) is 0 Å². The van der Waals surface area contributed by atoms with Crippen LogP contribution in [0.15, 0.2) is 0 Å². The van der Waals surface area contributed by atoms with E-state index in [1.807, 2.05) is 0 Å². The number of nitrogens with zero attached hydrogens (tertiary/aromatic N) is 1. The van der Waals surface area contributed by atoms with Gasteiger partial charge in [-0.3, -0.25) is 9.05 Å². The average molecular weight is 548 g/mol. The van der Waals surface area contributed by atoms with Crippen molar-refractivity contribution >= 4 is 7.82 Å². The van der Waals surface area contributed by atoms with Crippen LogP contribution in [0.5, 0.6) is 0 Å². The van der Waals surface area contributed by atoms with Crippen molar-refractivity contribution in [2.24, 2.45) is 0 Å². The Morgan fingerprint density at radius 3 is 1.05 bits per heavy atom. The minimum atomic E-state index is -3.87. The zero-order valence-electron chi connectivity index (χ0n) is 25.4. The molecule has 0 aromatic heterocycles. The van der Waals surface area contributed by atoms with Crippen LogP contribution in [0.1, 0.15) is 168 Å². The number of hydrogen-bond donors (Lipinski definition) is 1. The van der Waals surface area contributed by atoms with Crippen molar-refractivity contribution in [2.45, 2.75) is 168 Å². The summed E-state index contributed by atoms with van der Waals surface area (Å²) < 4.78 is 22.1. The highest BCUT2D eigenvalue weighted by Gasteiger charge is 2.19.